The van der Waals surface area contributed by atoms with Crippen molar-refractivity contribution in [3.63, 3.8) is 0 Å². The highest BCUT2D eigenvalue weighted by atomic mass is 32.2. The van der Waals surface area contributed by atoms with Gasteiger partial charge in [-0.15, -0.1) is 11.3 Å². The molecule has 2 rings (SSSR count). The van der Waals surface area contributed by atoms with Gasteiger partial charge in [0, 0.05) is 32.9 Å². The number of nitrogens with zero attached hydrogens (tertiary/aromatic N) is 1. The van der Waals surface area contributed by atoms with E-state index in [4.69, 9.17) is 0 Å². The van der Waals surface area contributed by atoms with Gasteiger partial charge in [0.15, 0.2) is 9.84 Å². The van der Waals surface area contributed by atoms with Gasteiger partial charge in [-0.1, -0.05) is 18.2 Å². The Morgan fingerprint density at radius 1 is 1.07 bits per heavy atom. The molecule has 0 radical (unpaired) electrons. The molecule has 0 spiro atoms. The van der Waals surface area contributed by atoms with Crippen LogP contribution in [0.5, 0.6) is 0 Å². The number of amides is 2. The van der Waals surface area contributed by atoms with E-state index >= 15 is 0 Å². The van der Waals surface area contributed by atoms with Gasteiger partial charge < -0.3 is 15.5 Å². The first-order chi connectivity index (χ1) is 12.8. The van der Waals surface area contributed by atoms with Gasteiger partial charge in [0.1, 0.15) is 9.46 Å². The summed E-state index contributed by atoms with van der Waals surface area (Å²) in [5, 5.41) is 5.52. The Kier molecular flexibility index (Phi) is 6.98. The average Bonchev–Trinajstić information content (AvgIpc) is 3.17. The molecule has 0 aliphatic rings. The molecule has 1 atom stereocenters. The van der Waals surface area contributed by atoms with Gasteiger partial charge in [0.05, 0.1) is 0 Å². The zero-order valence-corrected chi connectivity index (χ0v) is 17.1. The Morgan fingerprint density at radius 3 is 2.22 bits per heavy atom. The number of benzene rings is 1. The lowest BCUT2D eigenvalue weighted by Crippen LogP contribution is -2.42. The summed E-state index contributed by atoms with van der Waals surface area (Å²) in [5.74, 6) is -1.64. The Labute approximate surface area is 163 Å². The average molecular weight is 410 g/mol. The van der Waals surface area contributed by atoms with Crippen LogP contribution >= 0.6 is 11.3 Å². The Morgan fingerprint density at radius 2 is 1.70 bits per heavy atom. The molecule has 1 heterocycles. The van der Waals surface area contributed by atoms with E-state index in [9.17, 15) is 18.0 Å². The number of hydrogen-bond donors (Lipinski definition) is 2. The summed E-state index contributed by atoms with van der Waals surface area (Å²) in [6.07, 6.45) is 0. The molecule has 2 amide bonds. The number of anilines is 1. The van der Waals surface area contributed by atoms with Crippen molar-refractivity contribution in [1.29, 1.82) is 0 Å². The predicted octanol–water partition coefficient (Wildman–Crippen LogP) is 1.58. The molecule has 0 saturated heterocycles. The standard InChI is InChI=1S/C18H23N3O4S2/c1-4-19-17(22)18(23)20-12-15(27(24,25)16-6-5-11-26-16)13-7-9-14(10-8-13)21(2)3/h5-11,15H,4,12H2,1-3H3,(H,19,22)(H,20,23)/t15-/m1/s1. The summed E-state index contributed by atoms with van der Waals surface area (Å²) >= 11 is 1.12. The highest BCUT2D eigenvalue weighted by Crippen LogP contribution is 2.32. The van der Waals surface area contributed by atoms with E-state index in [1.165, 1.54) is 6.07 Å². The van der Waals surface area contributed by atoms with E-state index in [1.54, 1.807) is 30.5 Å². The topological polar surface area (TPSA) is 95.6 Å². The first-order valence-corrected chi connectivity index (χ1v) is 10.8. The number of carbonyl (C=O) groups is 2. The van der Waals surface area contributed by atoms with Crippen LogP contribution < -0.4 is 15.5 Å². The number of nitrogens with one attached hydrogen (secondary N) is 2. The molecule has 2 aromatic rings. The van der Waals surface area contributed by atoms with Crippen LogP contribution in [0.2, 0.25) is 0 Å². The maximum atomic E-state index is 13.1. The molecule has 0 aliphatic carbocycles. The van der Waals surface area contributed by atoms with Gasteiger partial charge in [-0.25, -0.2) is 8.42 Å². The molecular formula is C18H23N3O4S2. The van der Waals surface area contributed by atoms with Gasteiger partial charge in [-0.2, -0.15) is 0 Å². The Hall–Kier alpha value is -2.39. The second kappa shape index (κ2) is 9.01. The fraction of sp³-hybridized carbons (Fsp3) is 0.333. The first-order valence-electron chi connectivity index (χ1n) is 8.38. The molecule has 0 fully saturated rings. The third-order valence-electron chi connectivity index (χ3n) is 3.92. The van der Waals surface area contributed by atoms with Gasteiger partial charge in [0.25, 0.3) is 0 Å². The minimum atomic E-state index is -3.72. The van der Waals surface area contributed by atoms with Crippen LogP contribution in [0.4, 0.5) is 5.69 Å². The molecule has 0 aliphatic heterocycles. The fourth-order valence-electron chi connectivity index (χ4n) is 2.47. The summed E-state index contributed by atoms with van der Waals surface area (Å²) in [5.41, 5.74) is 1.47. The van der Waals surface area contributed by atoms with Crippen LogP contribution in [-0.2, 0) is 19.4 Å². The second-order valence-corrected chi connectivity index (χ2v) is 9.33. The van der Waals surface area contributed by atoms with Crippen LogP contribution in [0.25, 0.3) is 0 Å². The largest absolute Gasteiger partial charge is 0.378 e. The van der Waals surface area contributed by atoms with Crippen LogP contribution in [0.1, 0.15) is 17.7 Å². The smallest absolute Gasteiger partial charge is 0.309 e. The summed E-state index contributed by atoms with van der Waals surface area (Å²) < 4.78 is 26.4. The number of hydrogen-bond acceptors (Lipinski definition) is 6. The van der Waals surface area contributed by atoms with Crippen molar-refractivity contribution >= 4 is 38.7 Å². The number of likely N-dealkylation sites (N-methyl/N-ethyl adjacent to an activating group) is 1. The van der Waals surface area contributed by atoms with E-state index in [1.807, 2.05) is 31.1 Å². The number of rotatable bonds is 7. The van der Waals surface area contributed by atoms with Crippen LogP contribution in [0.3, 0.4) is 0 Å². The number of carbonyl (C=O) groups excluding carboxylic acids is 2. The molecule has 27 heavy (non-hydrogen) atoms. The summed E-state index contributed by atoms with van der Waals surface area (Å²) in [7, 11) is 0.0616. The summed E-state index contributed by atoms with van der Waals surface area (Å²) in [4.78, 5) is 25.4. The SMILES string of the molecule is CCNC(=O)C(=O)NC[C@H](c1ccc(N(C)C)cc1)S(=O)(=O)c1cccs1. The van der Waals surface area contributed by atoms with Crippen molar-refractivity contribution in [2.45, 2.75) is 16.4 Å². The minimum absolute atomic E-state index is 0.197. The third kappa shape index (κ3) is 5.08. The Bertz CT molecular complexity index is 876. The van der Waals surface area contributed by atoms with Crippen molar-refractivity contribution in [3.8, 4) is 0 Å². The number of thiophene rings is 1. The Balaban J connectivity index is 2.31. The van der Waals surface area contributed by atoms with Crippen molar-refractivity contribution < 1.29 is 18.0 Å². The molecule has 0 bridgehead atoms. The lowest BCUT2D eigenvalue weighted by molar-refractivity contribution is -0.139. The molecule has 9 heteroatoms. The predicted molar refractivity (Wildman–Crippen MR) is 107 cm³/mol. The second-order valence-electron chi connectivity index (χ2n) is 6.02. The van der Waals surface area contributed by atoms with E-state index in [0.29, 0.717) is 12.1 Å². The normalized spacial score (nSPS) is 12.3. The molecule has 1 aromatic carbocycles. The molecule has 146 valence electrons. The molecular weight excluding hydrogens is 386 g/mol. The molecule has 0 saturated carbocycles. The van der Waals surface area contributed by atoms with Crippen molar-refractivity contribution in [3.05, 3.63) is 47.3 Å². The van der Waals surface area contributed by atoms with Crippen LogP contribution in [0.15, 0.2) is 46.0 Å². The summed E-state index contributed by atoms with van der Waals surface area (Å²) in [6.45, 7) is 1.81. The number of sulfone groups is 1. The minimum Gasteiger partial charge on any atom is -0.378 e. The van der Waals surface area contributed by atoms with E-state index < -0.39 is 26.9 Å². The highest BCUT2D eigenvalue weighted by Gasteiger charge is 2.31. The van der Waals surface area contributed by atoms with E-state index in [-0.39, 0.29) is 10.8 Å². The van der Waals surface area contributed by atoms with Crippen LogP contribution in [0, 0.1) is 0 Å². The van der Waals surface area contributed by atoms with Gasteiger partial charge in [0.2, 0.25) is 0 Å². The van der Waals surface area contributed by atoms with Gasteiger partial charge in [-0.05, 0) is 36.1 Å². The molecule has 1 aromatic heterocycles. The van der Waals surface area contributed by atoms with Gasteiger partial charge in [-0.3, -0.25) is 9.59 Å². The first kappa shape index (κ1) is 20.9. The quantitative estimate of drug-likeness (QED) is 0.677. The zero-order chi connectivity index (χ0) is 20.0. The fourth-order valence-corrected chi connectivity index (χ4v) is 5.33. The maximum absolute atomic E-state index is 13.1. The molecule has 2 N–H and O–H groups in total. The van der Waals surface area contributed by atoms with E-state index in [2.05, 4.69) is 10.6 Å². The zero-order valence-electron chi connectivity index (χ0n) is 15.4. The van der Waals surface area contributed by atoms with Crippen molar-refractivity contribution in [2.24, 2.45) is 0 Å². The lowest BCUT2D eigenvalue weighted by Gasteiger charge is -2.19. The van der Waals surface area contributed by atoms with Crippen molar-refractivity contribution in [2.75, 3.05) is 32.1 Å². The van der Waals surface area contributed by atoms with Crippen LogP contribution in [-0.4, -0.2) is 47.4 Å². The van der Waals surface area contributed by atoms with Crippen molar-refractivity contribution in [1.82, 2.24) is 10.6 Å². The maximum Gasteiger partial charge on any atom is 0.309 e. The molecule has 7 nitrogen and oxygen atoms in total. The molecule has 0 unspecified atom stereocenters. The van der Waals surface area contributed by atoms with Gasteiger partial charge >= 0.3 is 11.8 Å². The lowest BCUT2D eigenvalue weighted by atomic mass is 10.1. The monoisotopic (exact) mass is 409 g/mol. The van der Waals surface area contributed by atoms with E-state index in [0.717, 1.165) is 17.0 Å². The highest BCUT2D eigenvalue weighted by molar-refractivity contribution is 7.93. The third-order valence-corrected chi connectivity index (χ3v) is 7.46. The summed E-state index contributed by atoms with van der Waals surface area (Å²) in [6, 6.07) is 10.3.